The molecule has 2 aromatic rings. The number of carbonyl (C=O) groups excluding carboxylic acids is 1. The molecule has 2 rings (SSSR count). The molecule has 1 aromatic carbocycles. The van der Waals surface area contributed by atoms with E-state index in [0.717, 1.165) is 21.9 Å². The van der Waals surface area contributed by atoms with Crippen LogP contribution in [-0.2, 0) is 5.88 Å². The van der Waals surface area contributed by atoms with Gasteiger partial charge in [0.05, 0.1) is 9.58 Å². The van der Waals surface area contributed by atoms with E-state index in [4.69, 9.17) is 17.3 Å². The normalized spacial score (nSPS) is 10.6. The van der Waals surface area contributed by atoms with E-state index < -0.39 is 0 Å². The number of fused-ring (bicyclic) bond motifs is 1. The van der Waals surface area contributed by atoms with Gasteiger partial charge in [0.2, 0.25) is 0 Å². The van der Waals surface area contributed by atoms with E-state index in [1.807, 2.05) is 18.2 Å². The third kappa shape index (κ3) is 1.49. The Hall–Kier alpha value is -1.06. The van der Waals surface area contributed by atoms with Crippen molar-refractivity contribution in [2.75, 3.05) is 5.73 Å². The second-order valence-electron chi connectivity index (χ2n) is 3.00. The van der Waals surface area contributed by atoms with Crippen molar-refractivity contribution in [1.82, 2.24) is 0 Å². The number of halogens is 1. The van der Waals surface area contributed by atoms with Crippen LogP contribution in [0.1, 0.15) is 15.2 Å². The summed E-state index contributed by atoms with van der Waals surface area (Å²) < 4.78 is 0.959. The highest BCUT2D eigenvalue weighted by atomic mass is 35.5. The summed E-state index contributed by atoms with van der Waals surface area (Å²) in [5, 5.41) is 0.993. The maximum absolute atomic E-state index is 10.6. The Morgan fingerprint density at radius 3 is 2.86 bits per heavy atom. The molecule has 0 fully saturated rings. The number of carbonyl (C=O) groups is 1. The molecule has 2 nitrogen and oxygen atoms in total. The monoisotopic (exact) mass is 225 g/mol. The number of benzene rings is 1. The molecule has 0 saturated carbocycles. The van der Waals surface area contributed by atoms with Gasteiger partial charge < -0.3 is 5.73 Å². The van der Waals surface area contributed by atoms with Gasteiger partial charge in [-0.05, 0) is 29.1 Å². The first-order valence-electron chi connectivity index (χ1n) is 4.07. The van der Waals surface area contributed by atoms with Crippen LogP contribution in [0.4, 0.5) is 5.69 Å². The zero-order chi connectivity index (χ0) is 10.1. The largest absolute Gasteiger partial charge is 0.398 e. The second-order valence-corrected chi connectivity index (χ2v) is 4.35. The summed E-state index contributed by atoms with van der Waals surface area (Å²) in [5.41, 5.74) is 7.51. The van der Waals surface area contributed by atoms with Gasteiger partial charge in [0.1, 0.15) is 0 Å². The highest BCUT2D eigenvalue weighted by Gasteiger charge is 2.05. The Kier molecular flexibility index (Phi) is 2.44. The van der Waals surface area contributed by atoms with Crippen molar-refractivity contribution in [3.8, 4) is 0 Å². The van der Waals surface area contributed by atoms with Crippen LogP contribution in [0.5, 0.6) is 0 Å². The lowest BCUT2D eigenvalue weighted by Crippen LogP contribution is -1.86. The molecule has 0 atom stereocenters. The quantitative estimate of drug-likeness (QED) is 0.485. The lowest BCUT2D eigenvalue weighted by molar-refractivity contribution is 0.112. The molecule has 0 aliphatic heterocycles. The maximum Gasteiger partial charge on any atom is 0.160 e. The molecule has 0 amide bonds. The summed E-state index contributed by atoms with van der Waals surface area (Å²) >= 11 is 7.13. The summed E-state index contributed by atoms with van der Waals surface area (Å²) in [6.07, 6.45) is 0.838. The minimum atomic E-state index is 0.437. The first-order chi connectivity index (χ1) is 6.74. The fraction of sp³-hybridized carbons (Fsp3) is 0.100. The third-order valence-corrected chi connectivity index (χ3v) is 3.43. The summed E-state index contributed by atoms with van der Waals surface area (Å²) in [6, 6.07) is 5.64. The molecule has 1 aromatic heterocycles. The maximum atomic E-state index is 10.6. The van der Waals surface area contributed by atoms with Crippen LogP contribution in [0.15, 0.2) is 18.2 Å². The minimum Gasteiger partial charge on any atom is -0.398 e. The van der Waals surface area contributed by atoms with E-state index in [2.05, 4.69) is 0 Å². The summed E-state index contributed by atoms with van der Waals surface area (Å²) in [7, 11) is 0. The SMILES string of the molecule is Nc1cc(CCl)cc2cc(C=O)sc12. The van der Waals surface area contributed by atoms with Crippen molar-refractivity contribution in [2.24, 2.45) is 0 Å². The number of alkyl halides is 1. The van der Waals surface area contributed by atoms with E-state index in [1.54, 1.807) is 0 Å². The van der Waals surface area contributed by atoms with Gasteiger partial charge in [0.15, 0.2) is 6.29 Å². The van der Waals surface area contributed by atoms with Crippen molar-refractivity contribution in [3.63, 3.8) is 0 Å². The van der Waals surface area contributed by atoms with Gasteiger partial charge in [-0.25, -0.2) is 0 Å². The molecular formula is C10H8ClNOS. The Bertz CT molecular complexity index is 492. The van der Waals surface area contributed by atoms with Crippen LogP contribution < -0.4 is 5.73 Å². The van der Waals surface area contributed by atoms with Crippen molar-refractivity contribution in [3.05, 3.63) is 28.6 Å². The van der Waals surface area contributed by atoms with Gasteiger partial charge in [-0.1, -0.05) is 0 Å². The number of aldehydes is 1. The first-order valence-corrected chi connectivity index (χ1v) is 5.43. The number of rotatable bonds is 2. The Morgan fingerprint density at radius 2 is 2.21 bits per heavy atom. The number of anilines is 1. The average molecular weight is 226 g/mol. The lowest BCUT2D eigenvalue weighted by Gasteiger charge is -1.99. The Morgan fingerprint density at radius 1 is 1.43 bits per heavy atom. The van der Waals surface area contributed by atoms with Crippen LogP contribution in [0.25, 0.3) is 10.1 Å². The van der Waals surface area contributed by atoms with E-state index in [0.29, 0.717) is 16.4 Å². The third-order valence-electron chi connectivity index (χ3n) is 1.99. The first kappa shape index (κ1) is 9.49. The van der Waals surface area contributed by atoms with Gasteiger partial charge in [-0.2, -0.15) is 0 Å². The summed E-state index contributed by atoms with van der Waals surface area (Å²) in [4.78, 5) is 11.3. The molecule has 14 heavy (non-hydrogen) atoms. The Balaban J connectivity index is 2.73. The fourth-order valence-electron chi connectivity index (χ4n) is 1.40. The molecule has 0 spiro atoms. The van der Waals surface area contributed by atoms with Crippen molar-refractivity contribution in [2.45, 2.75) is 5.88 Å². The van der Waals surface area contributed by atoms with Crippen LogP contribution in [-0.4, -0.2) is 6.29 Å². The number of nitrogen functional groups attached to an aromatic ring is 1. The standard InChI is InChI=1S/C10H8ClNOS/c11-4-6-1-7-3-8(5-13)14-10(7)9(12)2-6/h1-3,5H,4,12H2. The second kappa shape index (κ2) is 3.59. The van der Waals surface area contributed by atoms with Gasteiger partial charge in [0, 0.05) is 11.6 Å². The summed E-state index contributed by atoms with van der Waals surface area (Å²) in [6.45, 7) is 0. The van der Waals surface area contributed by atoms with Gasteiger partial charge in [0.25, 0.3) is 0 Å². The molecule has 4 heteroatoms. The zero-order valence-electron chi connectivity index (χ0n) is 7.29. The lowest BCUT2D eigenvalue weighted by atomic mass is 10.1. The van der Waals surface area contributed by atoms with Crippen LogP contribution >= 0.6 is 22.9 Å². The van der Waals surface area contributed by atoms with Crippen molar-refractivity contribution >= 4 is 45.0 Å². The smallest absolute Gasteiger partial charge is 0.160 e. The Labute approximate surface area is 90.3 Å². The highest BCUT2D eigenvalue weighted by molar-refractivity contribution is 7.21. The van der Waals surface area contributed by atoms with Crippen LogP contribution in [0.2, 0.25) is 0 Å². The number of hydrogen-bond donors (Lipinski definition) is 1. The summed E-state index contributed by atoms with van der Waals surface area (Å²) in [5.74, 6) is 0.437. The topological polar surface area (TPSA) is 43.1 Å². The molecule has 1 heterocycles. The average Bonchev–Trinajstić information content (AvgIpc) is 2.61. The van der Waals surface area contributed by atoms with Gasteiger partial charge >= 0.3 is 0 Å². The molecule has 0 aliphatic rings. The van der Waals surface area contributed by atoms with E-state index in [9.17, 15) is 4.79 Å². The van der Waals surface area contributed by atoms with Crippen molar-refractivity contribution < 1.29 is 4.79 Å². The highest BCUT2D eigenvalue weighted by Crippen LogP contribution is 2.31. The number of nitrogens with two attached hydrogens (primary N) is 1. The van der Waals surface area contributed by atoms with E-state index >= 15 is 0 Å². The van der Waals surface area contributed by atoms with Gasteiger partial charge in [-0.3, -0.25) is 4.79 Å². The van der Waals surface area contributed by atoms with Crippen LogP contribution in [0.3, 0.4) is 0 Å². The minimum absolute atomic E-state index is 0.437. The molecule has 0 bridgehead atoms. The molecule has 0 radical (unpaired) electrons. The van der Waals surface area contributed by atoms with E-state index in [1.165, 1.54) is 11.3 Å². The molecule has 0 unspecified atom stereocenters. The molecular weight excluding hydrogens is 218 g/mol. The molecule has 2 N–H and O–H groups in total. The number of hydrogen-bond acceptors (Lipinski definition) is 3. The molecule has 72 valence electrons. The molecule has 0 aliphatic carbocycles. The van der Waals surface area contributed by atoms with Crippen molar-refractivity contribution in [1.29, 1.82) is 0 Å². The zero-order valence-corrected chi connectivity index (χ0v) is 8.86. The predicted octanol–water partition coefficient (Wildman–Crippen LogP) is 3.03. The molecule has 0 saturated heterocycles. The van der Waals surface area contributed by atoms with Gasteiger partial charge in [-0.15, -0.1) is 22.9 Å². The van der Waals surface area contributed by atoms with Crippen LogP contribution in [0, 0.1) is 0 Å². The van der Waals surface area contributed by atoms with E-state index in [-0.39, 0.29) is 0 Å². The number of thiophene rings is 1. The predicted molar refractivity (Wildman–Crippen MR) is 61.2 cm³/mol. The fourth-order valence-corrected chi connectivity index (χ4v) is 2.44.